The predicted molar refractivity (Wildman–Crippen MR) is 99.3 cm³/mol. The fourth-order valence-corrected chi connectivity index (χ4v) is 3.52. The average Bonchev–Trinajstić information content (AvgIpc) is 3.43. The summed E-state index contributed by atoms with van der Waals surface area (Å²) in [6.07, 6.45) is -1.30. The SMILES string of the molecule is COC(=O)Nc1nc(N(C)C2CC2)c2ncn([C@@H]3O[C@H](CO)[C@@H](O)[C@@]3(C)F)c2n1. The van der Waals surface area contributed by atoms with Crippen molar-refractivity contribution in [2.45, 2.75) is 49.9 Å². The lowest BCUT2D eigenvalue weighted by Crippen LogP contribution is -2.40. The number of fused-ring (bicyclic) bond motifs is 1. The third-order valence-electron chi connectivity index (χ3n) is 5.38. The van der Waals surface area contributed by atoms with Gasteiger partial charge >= 0.3 is 6.09 Å². The molecule has 1 aliphatic heterocycles. The summed E-state index contributed by atoms with van der Waals surface area (Å²) in [6, 6.07) is 0.291. The highest BCUT2D eigenvalue weighted by molar-refractivity contribution is 5.88. The number of anilines is 2. The number of aromatic nitrogens is 4. The predicted octanol–water partition coefficient (Wildman–Crippen LogP) is 0.582. The fraction of sp³-hybridized carbons (Fsp3) is 0.647. The lowest BCUT2D eigenvalue weighted by Gasteiger charge is -2.25. The van der Waals surface area contributed by atoms with Crippen LogP contribution >= 0.6 is 0 Å². The van der Waals surface area contributed by atoms with Gasteiger partial charge in [0.05, 0.1) is 20.0 Å². The van der Waals surface area contributed by atoms with E-state index in [0.717, 1.165) is 12.8 Å². The summed E-state index contributed by atoms with van der Waals surface area (Å²) in [5, 5.41) is 22.0. The number of nitrogens with zero attached hydrogens (tertiary/aromatic N) is 5. The van der Waals surface area contributed by atoms with E-state index >= 15 is 4.39 Å². The van der Waals surface area contributed by atoms with Crippen molar-refractivity contribution in [2.75, 3.05) is 31.0 Å². The monoisotopic (exact) mass is 410 g/mol. The summed E-state index contributed by atoms with van der Waals surface area (Å²) < 4.78 is 26.8. The summed E-state index contributed by atoms with van der Waals surface area (Å²) in [6.45, 7) is 0.652. The van der Waals surface area contributed by atoms with E-state index in [0.29, 0.717) is 17.4 Å². The van der Waals surface area contributed by atoms with Crippen molar-refractivity contribution in [3.63, 3.8) is 0 Å². The zero-order valence-corrected chi connectivity index (χ0v) is 16.2. The Morgan fingerprint density at radius 1 is 1.52 bits per heavy atom. The largest absolute Gasteiger partial charge is 0.453 e. The molecular formula is C17H23FN6O5. The minimum atomic E-state index is -2.20. The van der Waals surface area contributed by atoms with Crippen molar-refractivity contribution >= 4 is 29.0 Å². The lowest BCUT2D eigenvalue weighted by molar-refractivity contribution is -0.0566. The molecule has 0 spiro atoms. The summed E-state index contributed by atoms with van der Waals surface area (Å²) >= 11 is 0. The molecule has 2 aromatic heterocycles. The number of imidazole rings is 1. The van der Waals surface area contributed by atoms with Crippen LogP contribution in [0.1, 0.15) is 26.0 Å². The number of carbonyl (C=O) groups excluding carboxylic acids is 1. The van der Waals surface area contributed by atoms with Gasteiger partial charge in [-0.2, -0.15) is 9.97 Å². The zero-order chi connectivity index (χ0) is 20.9. The van der Waals surface area contributed by atoms with Gasteiger partial charge < -0.3 is 24.6 Å². The van der Waals surface area contributed by atoms with Crippen LogP contribution in [0, 0.1) is 0 Å². The molecule has 0 radical (unpaired) electrons. The van der Waals surface area contributed by atoms with E-state index in [1.165, 1.54) is 24.9 Å². The smallest absolute Gasteiger partial charge is 0.413 e. The zero-order valence-electron chi connectivity index (χ0n) is 16.2. The normalized spacial score (nSPS) is 29.2. The molecule has 0 bridgehead atoms. The summed E-state index contributed by atoms with van der Waals surface area (Å²) in [5.74, 6) is 0.437. The summed E-state index contributed by atoms with van der Waals surface area (Å²) in [4.78, 5) is 26.6. The van der Waals surface area contributed by atoms with E-state index in [2.05, 4.69) is 25.0 Å². The van der Waals surface area contributed by atoms with Crippen LogP contribution in [0.15, 0.2) is 6.33 Å². The molecule has 4 rings (SSSR count). The van der Waals surface area contributed by atoms with Crippen LogP contribution in [-0.4, -0.2) is 80.5 Å². The minimum Gasteiger partial charge on any atom is -0.453 e. The number of aliphatic hydroxyl groups is 2. The maximum Gasteiger partial charge on any atom is 0.413 e. The second kappa shape index (κ2) is 7.04. The topological polar surface area (TPSA) is 135 Å². The van der Waals surface area contributed by atoms with E-state index in [1.54, 1.807) is 0 Å². The minimum absolute atomic E-state index is 0.0357. The van der Waals surface area contributed by atoms with Crippen molar-refractivity contribution in [1.82, 2.24) is 19.5 Å². The number of alkyl halides is 1. The van der Waals surface area contributed by atoms with Gasteiger partial charge in [0.1, 0.15) is 12.2 Å². The second-order valence-electron chi connectivity index (χ2n) is 7.46. The van der Waals surface area contributed by atoms with Gasteiger partial charge in [0.25, 0.3) is 0 Å². The van der Waals surface area contributed by atoms with E-state index < -0.39 is 36.8 Å². The maximum atomic E-state index is 15.3. The number of rotatable bonds is 5. The molecule has 0 aromatic carbocycles. The van der Waals surface area contributed by atoms with Gasteiger partial charge in [0.15, 0.2) is 28.9 Å². The Morgan fingerprint density at radius 2 is 2.24 bits per heavy atom. The number of methoxy groups -OCH3 is 1. The van der Waals surface area contributed by atoms with Gasteiger partial charge in [0.2, 0.25) is 5.95 Å². The number of aliphatic hydroxyl groups excluding tert-OH is 2. The molecule has 3 heterocycles. The second-order valence-corrected chi connectivity index (χ2v) is 7.46. The van der Waals surface area contributed by atoms with Crippen molar-refractivity contribution in [3.8, 4) is 0 Å². The first-order valence-corrected chi connectivity index (χ1v) is 9.23. The van der Waals surface area contributed by atoms with Crippen molar-refractivity contribution in [3.05, 3.63) is 6.33 Å². The summed E-state index contributed by atoms with van der Waals surface area (Å²) in [7, 11) is 3.07. The first kappa shape index (κ1) is 19.7. The van der Waals surface area contributed by atoms with Crippen LogP contribution in [0.4, 0.5) is 21.0 Å². The van der Waals surface area contributed by atoms with E-state index in [4.69, 9.17) is 4.74 Å². The Kier molecular flexibility index (Phi) is 4.79. The third-order valence-corrected chi connectivity index (χ3v) is 5.38. The first-order chi connectivity index (χ1) is 13.8. The number of hydrogen-bond acceptors (Lipinski definition) is 9. The molecule has 158 valence electrons. The highest BCUT2D eigenvalue weighted by Gasteiger charge is 2.55. The molecular weight excluding hydrogens is 387 g/mol. The Morgan fingerprint density at radius 3 is 2.83 bits per heavy atom. The number of carbonyl (C=O) groups is 1. The van der Waals surface area contributed by atoms with E-state index in [1.807, 2.05) is 11.9 Å². The molecule has 1 saturated carbocycles. The van der Waals surface area contributed by atoms with Crippen molar-refractivity contribution < 1.29 is 28.9 Å². The van der Waals surface area contributed by atoms with Gasteiger partial charge in [0, 0.05) is 13.1 Å². The highest BCUT2D eigenvalue weighted by atomic mass is 19.1. The van der Waals surface area contributed by atoms with Crippen LogP contribution in [0.2, 0.25) is 0 Å². The van der Waals surface area contributed by atoms with Gasteiger partial charge in [-0.05, 0) is 19.8 Å². The van der Waals surface area contributed by atoms with E-state index in [-0.39, 0.29) is 11.6 Å². The Balaban J connectivity index is 1.82. The molecule has 0 unspecified atom stereocenters. The molecule has 12 heteroatoms. The molecule has 2 aromatic rings. The van der Waals surface area contributed by atoms with Crippen molar-refractivity contribution in [2.24, 2.45) is 0 Å². The Labute approximate surface area is 165 Å². The van der Waals surface area contributed by atoms with Crippen LogP contribution in [0.25, 0.3) is 11.2 Å². The molecule has 3 N–H and O–H groups in total. The number of halogens is 1. The lowest BCUT2D eigenvalue weighted by atomic mass is 9.98. The molecule has 4 atom stereocenters. The molecule has 1 saturated heterocycles. The molecule has 2 aliphatic rings. The Hall–Kier alpha value is -2.57. The quantitative estimate of drug-likeness (QED) is 0.647. The average molecular weight is 410 g/mol. The van der Waals surface area contributed by atoms with Gasteiger partial charge in [-0.3, -0.25) is 9.88 Å². The molecule has 29 heavy (non-hydrogen) atoms. The van der Waals surface area contributed by atoms with Crippen LogP contribution < -0.4 is 10.2 Å². The Bertz CT molecular complexity index is 932. The number of amides is 1. The highest BCUT2D eigenvalue weighted by Crippen LogP contribution is 2.43. The van der Waals surface area contributed by atoms with Gasteiger partial charge in [-0.25, -0.2) is 14.2 Å². The molecule has 1 amide bonds. The van der Waals surface area contributed by atoms with Crippen LogP contribution in [-0.2, 0) is 9.47 Å². The standard InChI is InChI=1S/C17H23FN6O5/c1-17(18)11(26)9(6-25)29-14(17)24-7-19-10-12(23(2)8-4-5-8)20-15(21-13(10)24)22-16(27)28-3/h7-9,11,14,25-26H,4-6H2,1-3H3,(H,20,21,22,27)/t9-,11-,14-,17-/m1/s1. The third kappa shape index (κ3) is 3.26. The first-order valence-electron chi connectivity index (χ1n) is 9.23. The number of hydrogen-bond donors (Lipinski definition) is 3. The number of nitrogens with one attached hydrogen (secondary N) is 1. The van der Waals surface area contributed by atoms with Gasteiger partial charge in [-0.1, -0.05) is 0 Å². The molecule has 11 nitrogen and oxygen atoms in total. The number of ether oxygens (including phenoxy) is 2. The fourth-order valence-electron chi connectivity index (χ4n) is 3.52. The van der Waals surface area contributed by atoms with Crippen LogP contribution in [0.5, 0.6) is 0 Å². The van der Waals surface area contributed by atoms with Crippen LogP contribution in [0.3, 0.4) is 0 Å². The van der Waals surface area contributed by atoms with Crippen molar-refractivity contribution in [1.29, 1.82) is 0 Å². The maximum absolute atomic E-state index is 15.3. The molecule has 2 fully saturated rings. The molecule has 1 aliphatic carbocycles. The van der Waals surface area contributed by atoms with Gasteiger partial charge in [-0.15, -0.1) is 0 Å². The van der Waals surface area contributed by atoms with E-state index in [9.17, 15) is 15.0 Å². The summed E-state index contributed by atoms with van der Waals surface area (Å²) in [5.41, 5.74) is -1.59.